The summed E-state index contributed by atoms with van der Waals surface area (Å²) in [5.41, 5.74) is 1.09. The highest BCUT2D eigenvalue weighted by molar-refractivity contribution is 5.74. The summed E-state index contributed by atoms with van der Waals surface area (Å²) in [6.07, 6.45) is -1.60. The van der Waals surface area contributed by atoms with Crippen LogP contribution in [0.1, 0.15) is 25.5 Å². The number of nitrogens with zero attached hydrogens (tertiary/aromatic N) is 1. The third-order valence-corrected chi connectivity index (χ3v) is 2.93. The predicted molar refractivity (Wildman–Crippen MR) is 69.0 cm³/mol. The average molecular weight is 253 g/mol. The van der Waals surface area contributed by atoms with Crippen LogP contribution in [0.25, 0.3) is 0 Å². The first-order valence-corrected chi connectivity index (χ1v) is 6.12. The molecule has 0 radical (unpaired) electrons. The van der Waals surface area contributed by atoms with Crippen LogP contribution in [0, 0.1) is 0 Å². The zero-order valence-corrected chi connectivity index (χ0v) is 11.1. The third kappa shape index (κ3) is 4.11. The van der Waals surface area contributed by atoms with Crippen molar-refractivity contribution in [3.05, 3.63) is 35.9 Å². The summed E-state index contributed by atoms with van der Waals surface area (Å²) in [6, 6.07) is 9.85. The van der Waals surface area contributed by atoms with Gasteiger partial charge in [0.1, 0.15) is 0 Å². The standard InChI is InChI=1S/C14H20FNO2/c1-4-18-14(17)13(15)10-16(3)11(2)12-8-6-5-7-9-12/h5-9,11,13H,4,10H2,1-3H3/t11-,13+/m1/s1. The zero-order chi connectivity index (χ0) is 13.5. The van der Waals surface area contributed by atoms with Gasteiger partial charge in [-0.15, -0.1) is 0 Å². The molecule has 0 aromatic heterocycles. The lowest BCUT2D eigenvalue weighted by atomic mass is 10.1. The lowest BCUT2D eigenvalue weighted by molar-refractivity contribution is -0.149. The van der Waals surface area contributed by atoms with Crippen molar-refractivity contribution in [2.45, 2.75) is 26.1 Å². The van der Waals surface area contributed by atoms with Gasteiger partial charge in [0.2, 0.25) is 6.17 Å². The molecule has 0 fully saturated rings. The number of rotatable bonds is 6. The molecule has 0 aliphatic carbocycles. The Morgan fingerprint density at radius 3 is 2.56 bits per heavy atom. The minimum absolute atomic E-state index is 0.0366. The smallest absolute Gasteiger partial charge is 0.342 e. The van der Waals surface area contributed by atoms with Crippen LogP contribution >= 0.6 is 0 Å². The van der Waals surface area contributed by atoms with E-state index < -0.39 is 12.1 Å². The molecule has 0 heterocycles. The molecule has 0 saturated heterocycles. The highest BCUT2D eigenvalue weighted by Gasteiger charge is 2.23. The molecule has 18 heavy (non-hydrogen) atoms. The summed E-state index contributed by atoms with van der Waals surface area (Å²) in [6.45, 7) is 3.89. The van der Waals surface area contributed by atoms with Crippen LogP contribution in [-0.4, -0.2) is 37.2 Å². The number of carbonyl (C=O) groups excluding carboxylic acids is 1. The van der Waals surface area contributed by atoms with Crippen molar-refractivity contribution in [3.8, 4) is 0 Å². The molecule has 0 bridgehead atoms. The Morgan fingerprint density at radius 1 is 1.39 bits per heavy atom. The fourth-order valence-corrected chi connectivity index (χ4v) is 1.70. The van der Waals surface area contributed by atoms with E-state index in [-0.39, 0.29) is 19.2 Å². The number of hydrogen-bond acceptors (Lipinski definition) is 3. The molecular weight excluding hydrogens is 233 g/mol. The molecule has 4 heteroatoms. The summed E-state index contributed by atoms with van der Waals surface area (Å²) in [5, 5.41) is 0. The van der Waals surface area contributed by atoms with Crippen LogP contribution in [0.3, 0.4) is 0 Å². The fourth-order valence-electron chi connectivity index (χ4n) is 1.70. The molecular formula is C14H20FNO2. The Bertz CT molecular complexity index is 369. The van der Waals surface area contributed by atoms with E-state index in [2.05, 4.69) is 4.74 Å². The van der Waals surface area contributed by atoms with Gasteiger partial charge in [-0.05, 0) is 26.5 Å². The van der Waals surface area contributed by atoms with Crippen molar-refractivity contribution < 1.29 is 13.9 Å². The van der Waals surface area contributed by atoms with Crippen LogP contribution in [0.2, 0.25) is 0 Å². The Labute approximate surface area is 108 Å². The number of halogens is 1. The Kier molecular flexibility index (Phi) is 5.78. The van der Waals surface area contributed by atoms with Gasteiger partial charge >= 0.3 is 5.97 Å². The Morgan fingerprint density at radius 2 is 2.00 bits per heavy atom. The van der Waals surface area contributed by atoms with Crippen molar-refractivity contribution in [2.75, 3.05) is 20.2 Å². The van der Waals surface area contributed by atoms with Gasteiger partial charge in [-0.2, -0.15) is 0 Å². The maximum absolute atomic E-state index is 13.6. The molecule has 1 aromatic carbocycles. The van der Waals surface area contributed by atoms with Gasteiger partial charge in [0.25, 0.3) is 0 Å². The minimum Gasteiger partial charge on any atom is -0.464 e. The van der Waals surface area contributed by atoms with Gasteiger partial charge in [-0.1, -0.05) is 30.3 Å². The van der Waals surface area contributed by atoms with Gasteiger partial charge in [-0.25, -0.2) is 9.18 Å². The predicted octanol–water partition coefficient (Wildman–Crippen LogP) is 2.58. The van der Waals surface area contributed by atoms with Gasteiger partial charge in [0.05, 0.1) is 6.61 Å². The van der Waals surface area contributed by atoms with Gasteiger partial charge < -0.3 is 4.74 Å². The molecule has 0 unspecified atom stereocenters. The van der Waals surface area contributed by atoms with Crippen molar-refractivity contribution in [1.29, 1.82) is 0 Å². The lowest BCUT2D eigenvalue weighted by Gasteiger charge is -2.25. The van der Waals surface area contributed by atoms with E-state index in [1.54, 1.807) is 18.9 Å². The second-order valence-corrected chi connectivity index (χ2v) is 4.25. The van der Waals surface area contributed by atoms with Crippen LogP contribution in [0.4, 0.5) is 4.39 Å². The molecule has 2 atom stereocenters. The number of benzene rings is 1. The highest BCUT2D eigenvalue weighted by Crippen LogP contribution is 2.18. The van der Waals surface area contributed by atoms with Crippen molar-refractivity contribution in [1.82, 2.24) is 4.90 Å². The van der Waals surface area contributed by atoms with E-state index in [9.17, 15) is 9.18 Å². The molecule has 0 spiro atoms. The zero-order valence-electron chi connectivity index (χ0n) is 11.1. The number of carbonyl (C=O) groups is 1. The minimum atomic E-state index is -1.60. The molecule has 0 N–H and O–H groups in total. The lowest BCUT2D eigenvalue weighted by Crippen LogP contribution is -2.34. The van der Waals surface area contributed by atoms with Gasteiger partial charge in [0.15, 0.2) is 0 Å². The van der Waals surface area contributed by atoms with E-state index in [1.807, 2.05) is 37.3 Å². The van der Waals surface area contributed by atoms with Crippen LogP contribution in [0.5, 0.6) is 0 Å². The number of alkyl halides is 1. The first-order valence-electron chi connectivity index (χ1n) is 6.12. The molecule has 3 nitrogen and oxygen atoms in total. The normalized spacial score (nSPS) is 14.3. The molecule has 0 saturated carbocycles. The maximum atomic E-state index is 13.6. The van der Waals surface area contributed by atoms with E-state index in [4.69, 9.17) is 0 Å². The summed E-state index contributed by atoms with van der Waals surface area (Å²) in [4.78, 5) is 13.0. The molecule has 0 aliphatic rings. The topological polar surface area (TPSA) is 29.5 Å². The largest absolute Gasteiger partial charge is 0.464 e. The quantitative estimate of drug-likeness (QED) is 0.730. The summed E-state index contributed by atoms with van der Waals surface area (Å²) in [5.74, 6) is -0.787. The summed E-state index contributed by atoms with van der Waals surface area (Å²) >= 11 is 0. The van der Waals surface area contributed by atoms with Gasteiger partial charge in [0, 0.05) is 12.6 Å². The maximum Gasteiger partial charge on any atom is 0.342 e. The van der Waals surface area contributed by atoms with Crippen LogP contribution < -0.4 is 0 Å². The second-order valence-electron chi connectivity index (χ2n) is 4.25. The second kappa shape index (κ2) is 7.11. The van der Waals surface area contributed by atoms with Crippen molar-refractivity contribution in [3.63, 3.8) is 0 Å². The molecule has 0 aliphatic heterocycles. The molecule has 1 rings (SSSR count). The number of esters is 1. The molecule has 0 amide bonds. The SMILES string of the molecule is CCOC(=O)[C@@H](F)CN(C)[C@H](C)c1ccccc1. The monoisotopic (exact) mass is 253 g/mol. The van der Waals surface area contributed by atoms with Crippen molar-refractivity contribution >= 4 is 5.97 Å². The van der Waals surface area contributed by atoms with E-state index >= 15 is 0 Å². The number of ether oxygens (including phenoxy) is 1. The summed E-state index contributed by atoms with van der Waals surface area (Å²) < 4.78 is 18.2. The highest BCUT2D eigenvalue weighted by atomic mass is 19.1. The first-order chi connectivity index (χ1) is 8.56. The fraction of sp³-hybridized carbons (Fsp3) is 0.500. The van der Waals surface area contributed by atoms with Gasteiger partial charge in [-0.3, -0.25) is 4.90 Å². The number of hydrogen-bond donors (Lipinski definition) is 0. The molecule has 1 aromatic rings. The van der Waals surface area contributed by atoms with E-state index in [0.717, 1.165) is 5.56 Å². The first kappa shape index (κ1) is 14.6. The van der Waals surface area contributed by atoms with Crippen LogP contribution in [-0.2, 0) is 9.53 Å². The Balaban J connectivity index is 2.55. The summed E-state index contributed by atoms with van der Waals surface area (Å²) in [7, 11) is 1.80. The Hall–Kier alpha value is -1.42. The molecule has 100 valence electrons. The van der Waals surface area contributed by atoms with Crippen molar-refractivity contribution in [2.24, 2.45) is 0 Å². The average Bonchev–Trinajstić information content (AvgIpc) is 2.39. The third-order valence-electron chi connectivity index (χ3n) is 2.93. The van der Waals surface area contributed by atoms with Crippen LogP contribution in [0.15, 0.2) is 30.3 Å². The van der Waals surface area contributed by atoms with E-state index in [0.29, 0.717) is 0 Å². The van der Waals surface area contributed by atoms with E-state index in [1.165, 1.54) is 0 Å².